The summed E-state index contributed by atoms with van der Waals surface area (Å²) in [5.74, 6) is -0.0700. The first-order valence-electron chi connectivity index (χ1n) is 13.8. The summed E-state index contributed by atoms with van der Waals surface area (Å²) in [6, 6.07) is 4.00. The van der Waals surface area contributed by atoms with E-state index >= 15 is 0 Å². The number of fused-ring (bicyclic) bond motifs is 1. The van der Waals surface area contributed by atoms with E-state index in [0.29, 0.717) is 22.2 Å². The molecule has 8 nitrogen and oxygen atoms in total. The van der Waals surface area contributed by atoms with Gasteiger partial charge in [-0.25, -0.2) is 4.98 Å². The predicted octanol–water partition coefficient (Wildman–Crippen LogP) is 5.17. The van der Waals surface area contributed by atoms with E-state index in [1.165, 1.54) is 6.42 Å². The Morgan fingerprint density at radius 2 is 1.84 bits per heavy atom. The fourth-order valence-corrected chi connectivity index (χ4v) is 6.51. The number of nitrogens with one attached hydrogen (secondary N) is 3. The first kappa shape index (κ1) is 26.4. The molecule has 2 aliphatic rings. The van der Waals surface area contributed by atoms with Crippen LogP contribution in [0.2, 0.25) is 0 Å². The van der Waals surface area contributed by atoms with Crippen molar-refractivity contribution in [3.63, 3.8) is 0 Å². The number of amides is 1. The van der Waals surface area contributed by atoms with Crippen LogP contribution in [0.1, 0.15) is 99.1 Å². The molecule has 0 radical (unpaired) electrons. The molecule has 0 saturated heterocycles. The largest absolute Gasteiger partial charge is 0.331 e. The molecule has 1 aliphatic carbocycles. The van der Waals surface area contributed by atoms with Crippen molar-refractivity contribution < 1.29 is 4.79 Å². The zero-order chi connectivity index (χ0) is 27.2. The minimum absolute atomic E-state index is 0.0700. The molecule has 4 heterocycles. The van der Waals surface area contributed by atoms with Crippen molar-refractivity contribution in [1.29, 1.82) is 0 Å². The van der Waals surface area contributed by atoms with Crippen LogP contribution in [0.25, 0.3) is 16.6 Å². The Bertz CT molecular complexity index is 1460. The quantitative estimate of drug-likeness (QED) is 0.434. The van der Waals surface area contributed by atoms with Crippen LogP contribution in [0.4, 0.5) is 0 Å². The van der Waals surface area contributed by atoms with Gasteiger partial charge in [-0.3, -0.25) is 14.7 Å². The van der Waals surface area contributed by atoms with Crippen LogP contribution in [0.3, 0.4) is 0 Å². The first-order chi connectivity index (χ1) is 17.9. The number of pyridine rings is 2. The molecular weight excluding hydrogens is 476 g/mol. The SMILES string of the molecule is Cc1cc(C)c(CN(C(=O)c2cc(C3=CC(C)(C)NC(C)(C)C3)nc3[nH]ncc23)C2CCCCC2)c(=O)[nH]1. The van der Waals surface area contributed by atoms with E-state index in [0.717, 1.165) is 54.6 Å². The summed E-state index contributed by atoms with van der Waals surface area (Å²) in [6.45, 7) is 12.8. The maximum absolute atomic E-state index is 14.5. The Morgan fingerprint density at radius 3 is 2.53 bits per heavy atom. The van der Waals surface area contributed by atoms with E-state index in [9.17, 15) is 9.59 Å². The van der Waals surface area contributed by atoms with Gasteiger partial charge >= 0.3 is 0 Å². The molecule has 3 N–H and O–H groups in total. The molecule has 5 rings (SSSR count). The fraction of sp³-hybridized carbons (Fsp3) is 0.533. The summed E-state index contributed by atoms with van der Waals surface area (Å²) in [5.41, 5.74) is 5.04. The van der Waals surface area contributed by atoms with Gasteiger partial charge in [0, 0.05) is 28.4 Å². The molecule has 1 amide bonds. The van der Waals surface area contributed by atoms with Crippen molar-refractivity contribution >= 4 is 22.5 Å². The molecule has 0 atom stereocenters. The van der Waals surface area contributed by atoms with Gasteiger partial charge in [0.1, 0.15) is 0 Å². The third-order valence-corrected chi connectivity index (χ3v) is 7.91. The highest BCUT2D eigenvalue weighted by Crippen LogP contribution is 2.35. The van der Waals surface area contributed by atoms with E-state index in [-0.39, 0.29) is 35.1 Å². The Labute approximate surface area is 224 Å². The molecule has 0 spiro atoms. The number of nitrogens with zero attached hydrogens (tertiary/aromatic N) is 3. The zero-order valence-corrected chi connectivity index (χ0v) is 23.5. The number of aromatic nitrogens is 4. The number of carbonyl (C=O) groups is 1. The van der Waals surface area contributed by atoms with Gasteiger partial charge in [0.25, 0.3) is 11.5 Å². The van der Waals surface area contributed by atoms with E-state index in [1.807, 2.05) is 30.9 Å². The molecule has 1 fully saturated rings. The molecule has 0 bridgehead atoms. The molecule has 38 heavy (non-hydrogen) atoms. The number of hydrogen-bond donors (Lipinski definition) is 3. The van der Waals surface area contributed by atoms with Crippen LogP contribution in [0, 0.1) is 13.8 Å². The van der Waals surface area contributed by atoms with E-state index in [2.05, 4.69) is 54.3 Å². The van der Waals surface area contributed by atoms with Gasteiger partial charge in [-0.05, 0) is 84.1 Å². The number of hydrogen-bond acceptors (Lipinski definition) is 5. The second-order valence-corrected chi connectivity index (χ2v) is 12.4. The lowest BCUT2D eigenvalue weighted by Gasteiger charge is -2.41. The number of aryl methyl sites for hydroxylation is 2. The monoisotopic (exact) mass is 516 g/mol. The average molecular weight is 517 g/mol. The highest BCUT2D eigenvalue weighted by Gasteiger charge is 2.34. The van der Waals surface area contributed by atoms with Crippen molar-refractivity contribution in [2.45, 2.75) is 104 Å². The fourth-order valence-electron chi connectivity index (χ4n) is 6.51. The highest BCUT2D eigenvalue weighted by atomic mass is 16.2. The summed E-state index contributed by atoms with van der Waals surface area (Å²) < 4.78 is 0. The molecule has 8 heteroatoms. The summed E-state index contributed by atoms with van der Waals surface area (Å²) in [4.78, 5) is 37.2. The highest BCUT2D eigenvalue weighted by molar-refractivity contribution is 6.06. The normalized spacial score (nSPS) is 19.4. The second-order valence-electron chi connectivity index (χ2n) is 12.4. The third-order valence-electron chi connectivity index (χ3n) is 7.91. The van der Waals surface area contributed by atoms with Crippen LogP contribution < -0.4 is 10.9 Å². The van der Waals surface area contributed by atoms with Gasteiger partial charge < -0.3 is 15.2 Å². The first-order valence-corrected chi connectivity index (χ1v) is 13.8. The molecule has 3 aromatic heterocycles. The summed E-state index contributed by atoms with van der Waals surface area (Å²) >= 11 is 0. The molecule has 3 aromatic rings. The summed E-state index contributed by atoms with van der Waals surface area (Å²) in [7, 11) is 0. The van der Waals surface area contributed by atoms with Crippen LogP contribution in [0.15, 0.2) is 29.2 Å². The smallest absolute Gasteiger partial charge is 0.255 e. The van der Waals surface area contributed by atoms with Crippen molar-refractivity contribution in [3.8, 4) is 0 Å². The number of carbonyl (C=O) groups excluding carboxylic acids is 1. The van der Waals surface area contributed by atoms with Gasteiger partial charge in [-0.15, -0.1) is 0 Å². The molecule has 0 aromatic carbocycles. The number of H-pyrrole nitrogens is 2. The number of aromatic amines is 2. The lowest BCUT2D eigenvalue weighted by molar-refractivity contribution is 0.0615. The van der Waals surface area contributed by atoms with Crippen molar-refractivity contribution in [2.24, 2.45) is 0 Å². The van der Waals surface area contributed by atoms with Crippen LogP contribution in [-0.2, 0) is 6.54 Å². The minimum Gasteiger partial charge on any atom is -0.331 e. The Hall–Kier alpha value is -3.26. The Morgan fingerprint density at radius 1 is 1.11 bits per heavy atom. The molecule has 202 valence electrons. The van der Waals surface area contributed by atoms with Crippen molar-refractivity contribution in [3.05, 3.63) is 62.8 Å². The second kappa shape index (κ2) is 9.80. The van der Waals surface area contributed by atoms with Crippen molar-refractivity contribution in [2.75, 3.05) is 0 Å². The zero-order valence-electron chi connectivity index (χ0n) is 23.5. The van der Waals surface area contributed by atoms with E-state index in [4.69, 9.17) is 4.98 Å². The Balaban J connectivity index is 1.60. The van der Waals surface area contributed by atoms with Crippen molar-refractivity contribution in [1.82, 2.24) is 30.4 Å². The van der Waals surface area contributed by atoms with Gasteiger partial charge in [-0.1, -0.05) is 25.3 Å². The Kier molecular flexibility index (Phi) is 6.80. The van der Waals surface area contributed by atoms with Gasteiger partial charge in [-0.2, -0.15) is 5.10 Å². The van der Waals surface area contributed by atoms with Crippen LogP contribution >= 0.6 is 0 Å². The average Bonchev–Trinajstić information content (AvgIpc) is 3.30. The predicted molar refractivity (Wildman–Crippen MR) is 151 cm³/mol. The number of rotatable bonds is 5. The summed E-state index contributed by atoms with van der Waals surface area (Å²) in [6.07, 6.45) is 9.94. The molecule has 1 saturated carbocycles. The lowest BCUT2D eigenvalue weighted by atomic mass is 9.82. The third kappa shape index (κ3) is 5.32. The standard InChI is InChI=1S/C30H40N6O2/c1-18-12-19(2)32-27(37)24(18)17-36(21-10-8-7-9-11-21)28(38)22-13-25(33-26-23(22)16-31-34-26)20-14-29(3,4)35-30(5,6)15-20/h12-14,16,21,35H,7-11,15,17H2,1-6H3,(H,32,37)(H,31,33,34). The van der Waals surface area contributed by atoms with E-state index in [1.54, 1.807) is 6.20 Å². The maximum Gasteiger partial charge on any atom is 0.255 e. The van der Waals surface area contributed by atoms with Crippen LogP contribution in [0.5, 0.6) is 0 Å². The van der Waals surface area contributed by atoms with Gasteiger partial charge in [0.05, 0.1) is 29.4 Å². The molecule has 1 aliphatic heterocycles. The minimum atomic E-state index is -0.204. The van der Waals surface area contributed by atoms with E-state index < -0.39 is 0 Å². The van der Waals surface area contributed by atoms with Gasteiger partial charge in [0.15, 0.2) is 5.65 Å². The van der Waals surface area contributed by atoms with Gasteiger partial charge in [0.2, 0.25) is 0 Å². The lowest BCUT2D eigenvalue weighted by Crippen LogP contribution is -2.53. The van der Waals surface area contributed by atoms with Crippen LogP contribution in [-0.4, -0.2) is 48.1 Å². The maximum atomic E-state index is 14.5. The molecular formula is C30H40N6O2. The topological polar surface area (TPSA) is 107 Å². The molecule has 0 unspecified atom stereocenters. The summed E-state index contributed by atoms with van der Waals surface area (Å²) in [5, 5.41) is 11.6.